The second kappa shape index (κ2) is 6.30. The molecule has 0 fully saturated rings. The first-order valence-corrected chi connectivity index (χ1v) is 6.06. The fourth-order valence-electron chi connectivity index (χ4n) is 1.75. The zero-order chi connectivity index (χ0) is 12.8. The second-order valence-corrected chi connectivity index (χ2v) is 4.10. The lowest BCUT2D eigenvalue weighted by Crippen LogP contribution is -2.18. The van der Waals surface area contributed by atoms with Gasteiger partial charge in [0.1, 0.15) is 5.82 Å². The maximum atomic E-state index is 5.53. The molecule has 0 atom stereocenters. The fraction of sp³-hybridized carbons (Fsp3) is 0.308. The Morgan fingerprint density at radius 2 is 2.06 bits per heavy atom. The lowest BCUT2D eigenvalue weighted by atomic mass is 10.2. The van der Waals surface area contributed by atoms with Crippen LogP contribution >= 0.6 is 0 Å². The Hall–Kier alpha value is -1.69. The third-order valence-corrected chi connectivity index (χ3v) is 2.79. The van der Waals surface area contributed by atoms with Crippen LogP contribution in [0.4, 0.5) is 0 Å². The first-order chi connectivity index (χ1) is 8.83. The summed E-state index contributed by atoms with van der Waals surface area (Å²) in [6, 6.07) is 8.00. The average molecular weight is 245 g/mol. The van der Waals surface area contributed by atoms with Crippen molar-refractivity contribution in [3.8, 4) is 0 Å². The molecule has 0 spiro atoms. The minimum Gasteiger partial charge on any atom is -0.341 e. The van der Waals surface area contributed by atoms with Crippen molar-refractivity contribution in [3.63, 3.8) is 0 Å². The van der Waals surface area contributed by atoms with Crippen LogP contribution in [-0.4, -0.2) is 29.6 Å². The Balaban J connectivity index is 1.88. The molecule has 5 heteroatoms. The summed E-state index contributed by atoms with van der Waals surface area (Å²) in [5.41, 5.74) is 14.2. The minimum absolute atomic E-state index is 0.517. The number of hydrogen-bond acceptors (Lipinski definition) is 4. The van der Waals surface area contributed by atoms with Crippen molar-refractivity contribution in [1.29, 1.82) is 0 Å². The molecule has 96 valence electrons. The number of para-hydroxylation sites is 2. The molecular formula is C13H19N5. The van der Waals surface area contributed by atoms with E-state index in [2.05, 4.69) is 15.3 Å². The largest absolute Gasteiger partial charge is 0.341 e. The number of benzene rings is 1. The number of H-pyrrole nitrogens is 1. The first-order valence-electron chi connectivity index (χ1n) is 6.06. The van der Waals surface area contributed by atoms with Crippen LogP contribution in [0.2, 0.25) is 0 Å². The van der Waals surface area contributed by atoms with E-state index in [1.807, 2.05) is 30.3 Å². The molecule has 0 radical (unpaired) electrons. The number of imidazole rings is 1. The first kappa shape index (κ1) is 12.8. The number of nitrogens with one attached hydrogen (secondary N) is 2. The van der Waals surface area contributed by atoms with Gasteiger partial charge in [-0.1, -0.05) is 18.2 Å². The predicted octanol–water partition coefficient (Wildman–Crippen LogP) is 0.496. The Morgan fingerprint density at radius 3 is 2.78 bits per heavy atom. The number of nitrogens with two attached hydrogens (primary N) is 2. The van der Waals surface area contributed by atoms with Crippen LogP contribution in [0.1, 0.15) is 5.82 Å². The molecule has 2 aromatic rings. The molecule has 6 N–H and O–H groups in total. The van der Waals surface area contributed by atoms with E-state index in [4.69, 9.17) is 11.5 Å². The van der Waals surface area contributed by atoms with Crippen molar-refractivity contribution < 1.29 is 0 Å². The van der Waals surface area contributed by atoms with Gasteiger partial charge in [0, 0.05) is 19.6 Å². The normalized spacial score (nSPS) is 10.8. The van der Waals surface area contributed by atoms with Crippen LogP contribution in [-0.2, 0) is 6.54 Å². The van der Waals surface area contributed by atoms with Gasteiger partial charge in [0.15, 0.2) is 0 Å². The zero-order valence-electron chi connectivity index (χ0n) is 10.3. The van der Waals surface area contributed by atoms with E-state index in [1.165, 1.54) is 0 Å². The highest BCUT2D eigenvalue weighted by atomic mass is 15.0. The topological polar surface area (TPSA) is 92.7 Å². The van der Waals surface area contributed by atoms with Crippen molar-refractivity contribution in [2.24, 2.45) is 11.5 Å². The highest BCUT2D eigenvalue weighted by Crippen LogP contribution is 2.09. The van der Waals surface area contributed by atoms with Crippen LogP contribution in [0.3, 0.4) is 0 Å². The molecule has 0 amide bonds. The van der Waals surface area contributed by atoms with Gasteiger partial charge in [0.25, 0.3) is 0 Å². The molecule has 0 aliphatic rings. The summed E-state index contributed by atoms with van der Waals surface area (Å²) in [5, 5.41) is 3.28. The maximum absolute atomic E-state index is 5.53. The van der Waals surface area contributed by atoms with Crippen molar-refractivity contribution in [3.05, 3.63) is 41.7 Å². The van der Waals surface area contributed by atoms with Gasteiger partial charge in [-0.25, -0.2) is 4.98 Å². The number of aromatic nitrogens is 2. The number of nitrogens with zero attached hydrogens (tertiary/aromatic N) is 1. The fourth-order valence-corrected chi connectivity index (χ4v) is 1.75. The van der Waals surface area contributed by atoms with Gasteiger partial charge in [0.05, 0.1) is 17.6 Å². The third-order valence-electron chi connectivity index (χ3n) is 2.79. The molecule has 5 nitrogen and oxygen atoms in total. The quantitative estimate of drug-likeness (QED) is 0.440. The molecule has 2 rings (SSSR count). The molecule has 0 unspecified atom stereocenters. The van der Waals surface area contributed by atoms with Crippen LogP contribution in [0.15, 0.2) is 35.9 Å². The van der Waals surface area contributed by atoms with E-state index >= 15 is 0 Å². The lowest BCUT2D eigenvalue weighted by Gasteiger charge is -2.01. The van der Waals surface area contributed by atoms with Crippen molar-refractivity contribution in [1.82, 2.24) is 15.3 Å². The van der Waals surface area contributed by atoms with Gasteiger partial charge in [0.2, 0.25) is 0 Å². The summed E-state index contributed by atoms with van der Waals surface area (Å²) >= 11 is 0. The summed E-state index contributed by atoms with van der Waals surface area (Å²) in [7, 11) is 0. The van der Waals surface area contributed by atoms with Gasteiger partial charge in [-0.15, -0.1) is 0 Å². The van der Waals surface area contributed by atoms with Gasteiger partial charge in [-0.3, -0.25) is 0 Å². The SMILES string of the molecule is NCC(=CCNCc1nc2ccccc2[nH]1)CN. The van der Waals surface area contributed by atoms with E-state index in [-0.39, 0.29) is 0 Å². The molecule has 0 saturated carbocycles. The van der Waals surface area contributed by atoms with Crippen LogP contribution in [0.25, 0.3) is 11.0 Å². The van der Waals surface area contributed by atoms with Gasteiger partial charge < -0.3 is 21.8 Å². The van der Waals surface area contributed by atoms with Crippen molar-refractivity contribution in [2.75, 3.05) is 19.6 Å². The number of fused-ring (bicyclic) bond motifs is 1. The molecule has 1 aromatic heterocycles. The summed E-state index contributed by atoms with van der Waals surface area (Å²) < 4.78 is 0. The molecule has 1 aromatic carbocycles. The Bertz CT molecular complexity index is 490. The number of hydrogen-bond donors (Lipinski definition) is 4. The van der Waals surface area contributed by atoms with Gasteiger partial charge in [-0.2, -0.15) is 0 Å². The standard InChI is InChI=1S/C13H19N5/c14-7-10(8-15)5-6-16-9-13-17-11-3-1-2-4-12(11)18-13/h1-5,16H,6-9,14-15H2,(H,17,18). The summed E-state index contributed by atoms with van der Waals surface area (Å²) in [5.74, 6) is 0.937. The van der Waals surface area contributed by atoms with E-state index < -0.39 is 0 Å². The van der Waals surface area contributed by atoms with Crippen molar-refractivity contribution >= 4 is 11.0 Å². The van der Waals surface area contributed by atoms with E-state index in [0.29, 0.717) is 19.6 Å². The molecule has 1 heterocycles. The van der Waals surface area contributed by atoms with Crippen molar-refractivity contribution in [2.45, 2.75) is 6.54 Å². The second-order valence-electron chi connectivity index (χ2n) is 4.10. The van der Waals surface area contributed by atoms with Gasteiger partial charge in [-0.05, 0) is 17.7 Å². The van der Waals surface area contributed by atoms with Crippen LogP contribution in [0.5, 0.6) is 0 Å². The maximum Gasteiger partial charge on any atom is 0.121 e. The molecule has 0 aliphatic carbocycles. The summed E-state index contributed by atoms with van der Waals surface area (Å²) in [4.78, 5) is 7.75. The van der Waals surface area contributed by atoms with Crippen LogP contribution in [0, 0.1) is 0 Å². The summed E-state index contributed by atoms with van der Waals surface area (Å²) in [6.07, 6.45) is 2.03. The average Bonchev–Trinajstić information content (AvgIpc) is 2.81. The minimum atomic E-state index is 0.517. The monoisotopic (exact) mass is 245 g/mol. The van der Waals surface area contributed by atoms with E-state index in [0.717, 1.165) is 29.0 Å². The Kier molecular flexibility index (Phi) is 4.46. The summed E-state index contributed by atoms with van der Waals surface area (Å²) in [6.45, 7) is 2.49. The van der Waals surface area contributed by atoms with Crippen LogP contribution < -0.4 is 16.8 Å². The highest BCUT2D eigenvalue weighted by Gasteiger charge is 2.00. The molecular weight excluding hydrogens is 226 g/mol. The molecule has 0 aliphatic heterocycles. The predicted molar refractivity (Wildman–Crippen MR) is 74.0 cm³/mol. The molecule has 0 saturated heterocycles. The number of aromatic amines is 1. The molecule has 18 heavy (non-hydrogen) atoms. The van der Waals surface area contributed by atoms with E-state index in [1.54, 1.807) is 0 Å². The number of rotatable bonds is 6. The zero-order valence-corrected chi connectivity index (χ0v) is 10.3. The smallest absolute Gasteiger partial charge is 0.121 e. The highest BCUT2D eigenvalue weighted by molar-refractivity contribution is 5.74. The lowest BCUT2D eigenvalue weighted by molar-refractivity contribution is 0.724. The Labute approximate surface area is 106 Å². The third kappa shape index (κ3) is 3.16. The van der Waals surface area contributed by atoms with Gasteiger partial charge >= 0.3 is 0 Å². The van der Waals surface area contributed by atoms with E-state index in [9.17, 15) is 0 Å². The Morgan fingerprint density at radius 1 is 1.28 bits per heavy atom. The molecule has 0 bridgehead atoms.